The molecule has 1 aromatic carbocycles. The maximum atomic E-state index is 12.9. The lowest BCUT2D eigenvalue weighted by Gasteiger charge is -2.33. The summed E-state index contributed by atoms with van der Waals surface area (Å²) in [6.45, 7) is 3.27. The molecule has 118 valence electrons. The Morgan fingerprint density at radius 3 is 2.82 bits per heavy atom. The Kier molecular flexibility index (Phi) is 3.25. The first-order valence-corrected chi connectivity index (χ1v) is 9.17. The number of nitrogens with one attached hydrogen (secondary N) is 2. The lowest BCUT2D eigenvalue weighted by atomic mass is 9.78. The summed E-state index contributed by atoms with van der Waals surface area (Å²) in [7, 11) is -3.42. The SMILES string of the molecule is O=S(=O)(c1ccc2nc[nH]c2c1)N1CCC2(CCNCC2)C1. The molecule has 0 atom stereocenters. The van der Waals surface area contributed by atoms with Gasteiger partial charge >= 0.3 is 0 Å². The van der Waals surface area contributed by atoms with Crippen molar-refractivity contribution in [3.63, 3.8) is 0 Å². The number of H-pyrrole nitrogens is 1. The highest BCUT2D eigenvalue weighted by Crippen LogP contribution is 2.40. The quantitative estimate of drug-likeness (QED) is 0.875. The van der Waals surface area contributed by atoms with Gasteiger partial charge < -0.3 is 10.3 Å². The van der Waals surface area contributed by atoms with Crippen molar-refractivity contribution < 1.29 is 8.42 Å². The van der Waals surface area contributed by atoms with Gasteiger partial charge in [-0.25, -0.2) is 13.4 Å². The van der Waals surface area contributed by atoms with Crippen LogP contribution < -0.4 is 5.32 Å². The summed E-state index contributed by atoms with van der Waals surface area (Å²) in [5.74, 6) is 0. The molecular formula is C15H20N4O2S. The van der Waals surface area contributed by atoms with Crippen molar-refractivity contribution in [3.8, 4) is 0 Å². The number of fused-ring (bicyclic) bond motifs is 1. The highest BCUT2D eigenvalue weighted by Gasteiger charge is 2.43. The number of hydrogen-bond acceptors (Lipinski definition) is 4. The number of aromatic nitrogens is 2. The minimum Gasteiger partial charge on any atom is -0.345 e. The number of rotatable bonds is 2. The number of benzene rings is 1. The van der Waals surface area contributed by atoms with E-state index in [1.165, 1.54) is 0 Å². The van der Waals surface area contributed by atoms with Crippen molar-refractivity contribution >= 4 is 21.1 Å². The minimum absolute atomic E-state index is 0.177. The first-order chi connectivity index (χ1) is 10.6. The number of imidazole rings is 1. The standard InChI is InChI=1S/C15H20N4O2S/c20-22(21,12-1-2-13-14(9-12)18-11-17-13)19-8-5-15(10-19)3-6-16-7-4-15/h1-2,9,11,16H,3-8,10H2,(H,17,18). The van der Waals surface area contributed by atoms with E-state index in [0.29, 0.717) is 18.0 Å². The van der Waals surface area contributed by atoms with Gasteiger partial charge in [0.25, 0.3) is 0 Å². The zero-order valence-corrected chi connectivity index (χ0v) is 13.2. The smallest absolute Gasteiger partial charge is 0.243 e. The minimum atomic E-state index is -3.42. The second kappa shape index (κ2) is 5.04. The molecule has 0 aliphatic carbocycles. The van der Waals surface area contributed by atoms with Crippen LogP contribution in [0.4, 0.5) is 0 Å². The van der Waals surface area contributed by atoms with Gasteiger partial charge in [-0.1, -0.05) is 0 Å². The Labute approximate surface area is 130 Å². The number of sulfonamides is 1. The molecule has 0 saturated carbocycles. The van der Waals surface area contributed by atoms with Crippen molar-refractivity contribution in [2.24, 2.45) is 5.41 Å². The van der Waals surface area contributed by atoms with Crippen LogP contribution in [0.25, 0.3) is 11.0 Å². The van der Waals surface area contributed by atoms with Crippen LogP contribution in [0.1, 0.15) is 19.3 Å². The molecule has 1 aromatic heterocycles. The summed E-state index contributed by atoms with van der Waals surface area (Å²) >= 11 is 0. The predicted octanol–water partition coefficient (Wildman–Crippen LogP) is 1.33. The molecule has 22 heavy (non-hydrogen) atoms. The summed E-state index contributed by atoms with van der Waals surface area (Å²) in [4.78, 5) is 7.47. The largest absolute Gasteiger partial charge is 0.345 e. The van der Waals surface area contributed by atoms with Crippen LogP contribution >= 0.6 is 0 Å². The first-order valence-electron chi connectivity index (χ1n) is 7.73. The molecule has 2 aliphatic heterocycles. The van der Waals surface area contributed by atoms with E-state index in [9.17, 15) is 8.42 Å². The molecule has 2 fully saturated rings. The Bertz CT molecular complexity index is 793. The van der Waals surface area contributed by atoms with Gasteiger partial charge in [-0.3, -0.25) is 0 Å². The molecule has 1 spiro atoms. The van der Waals surface area contributed by atoms with Crippen LogP contribution in [0.15, 0.2) is 29.4 Å². The Balaban J connectivity index is 1.63. The lowest BCUT2D eigenvalue weighted by molar-refractivity contribution is 0.218. The van der Waals surface area contributed by atoms with Gasteiger partial charge in [-0.05, 0) is 56.0 Å². The number of hydrogen-bond donors (Lipinski definition) is 2. The summed E-state index contributed by atoms with van der Waals surface area (Å²) in [6.07, 6.45) is 4.69. The third kappa shape index (κ3) is 2.24. The average molecular weight is 320 g/mol. The van der Waals surface area contributed by atoms with Crippen molar-refractivity contribution in [2.75, 3.05) is 26.2 Å². The molecule has 0 bridgehead atoms. The zero-order chi connectivity index (χ0) is 15.2. The van der Waals surface area contributed by atoms with Gasteiger partial charge in [-0.2, -0.15) is 4.31 Å². The molecule has 2 saturated heterocycles. The van der Waals surface area contributed by atoms with Gasteiger partial charge in [0, 0.05) is 13.1 Å². The molecule has 0 unspecified atom stereocenters. The van der Waals surface area contributed by atoms with Gasteiger partial charge in [-0.15, -0.1) is 0 Å². The Morgan fingerprint density at radius 1 is 1.18 bits per heavy atom. The molecule has 3 heterocycles. The van der Waals surface area contributed by atoms with E-state index in [4.69, 9.17) is 0 Å². The number of aromatic amines is 1. The first kappa shape index (κ1) is 14.2. The van der Waals surface area contributed by atoms with Crippen LogP contribution in [0.2, 0.25) is 0 Å². The summed E-state index contributed by atoms with van der Waals surface area (Å²) in [6, 6.07) is 5.10. The Morgan fingerprint density at radius 2 is 2.00 bits per heavy atom. The van der Waals surface area contributed by atoms with Crippen LogP contribution in [0, 0.1) is 5.41 Å². The fourth-order valence-corrected chi connectivity index (χ4v) is 5.27. The fourth-order valence-electron chi connectivity index (χ4n) is 3.69. The summed E-state index contributed by atoms with van der Waals surface area (Å²) in [5.41, 5.74) is 1.73. The molecular weight excluding hydrogens is 300 g/mol. The summed E-state index contributed by atoms with van der Waals surface area (Å²) in [5, 5.41) is 3.36. The van der Waals surface area contributed by atoms with Gasteiger partial charge in [0.05, 0.1) is 22.3 Å². The van der Waals surface area contributed by atoms with E-state index in [2.05, 4.69) is 15.3 Å². The summed E-state index contributed by atoms with van der Waals surface area (Å²) < 4.78 is 27.5. The maximum Gasteiger partial charge on any atom is 0.243 e. The predicted molar refractivity (Wildman–Crippen MR) is 84.0 cm³/mol. The van der Waals surface area contributed by atoms with Crippen molar-refractivity contribution in [2.45, 2.75) is 24.2 Å². The van der Waals surface area contributed by atoms with E-state index in [1.54, 1.807) is 28.8 Å². The maximum absolute atomic E-state index is 12.9. The van der Waals surface area contributed by atoms with E-state index < -0.39 is 10.0 Å². The van der Waals surface area contributed by atoms with E-state index in [-0.39, 0.29) is 5.41 Å². The van der Waals surface area contributed by atoms with Crippen LogP contribution in [-0.2, 0) is 10.0 Å². The van der Waals surface area contributed by atoms with Gasteiger partial charge in [0.1, 0.15) is 0 Å². The van der Waals surface area contributed by atoms with Crippen molar-refractivity contribution in [1.82, 2.24) is 19.6 Å². The molecule has 2 aliphatic rings. The van der Waals surface area contributed by atoms with Gasteiger partial charge in [0.15, 0.2) is 0 Å². The van der Waals surface area contributed by atoms with Crippen molar-refractivity contribution in [3.05, 3.63) is 24.5 Å². The molecule has 7 heteroatoms. The highest BCUT2D eigenvalue weighted by atomic mass is 32.2. The average Bonchev–Trinajstić information content (AvgIpc) is 3.15. The number of nitrogens with zero attached hydrogens (tertiary/aromatic N) is 2. The van der Waals surface area contributed by atoms with Crippen LogP contribution in [0.3, 0.4) is 0 Å². The molecule has 2 N–H and O–H groups in total. The third-order valence-corrected chi connectivity index (χ3v) is 6.94. The van der Waals surface area contributed by atoms with Crippen LogP contribution in [0.5, 0.6) is 0 Å². The van der Waals surface area contributed by atoms with Crippen LogP contribution in [-0.4, -0.2) is 48.9 Å². The van der Waals surface area contributed by atoms with Gasteiger partial charge in [0.2, 0.25) is 10.0 Å². The molecule has 2 aromatic rings. The Hall–Kier alpha value is -1.44. The second-order valence-electron chi connectivity index (χ2n) is 6.42. The van der Waals surface area contributed by atoms with Crippen molar-refractivity contribution in [1.29, 1.82) is 0 Å². The third-order valence-electron chi connectivity index (χ3n) is 5.10. The van der Waals surface area contributed by atoms with E-state index in [1.807, 2.05) is 0 Å². The van der Waals surface area contributed by atoms with E-state index in [0.717, 1.165) is 43.4 Å². The molecule has 6 nitrogen and oxygen atoms in total. The molecule has 4 rings (SSSR count). The topological polar surface area (TPSA) is 78.1 Å². The number of piperidine rings is 1. The zero-order valence-electron chi connectivity index (χ0n) is 12.4. The highest BCUT2D eigenvalue weighted by molar-refractivity contribution is 7.89. The molecule has 0 radical (unpaired) electrons. The monoisotopic (exact) mass is 320 g/mol. The lowest BCUT2D eigenvalue weighted by Crippen LogP contribution is -2.39. The normalized spacial score (nSPS) is 22.5. The second-order valence-corrected chi connectivity index (χ2v) is 8.36. The van der Waals surface area contributed by atoms with E-state index >= 15 is 0 Å². The fraction of sp³-hybridized carbons (Fsp3) is 0.533. The molecule has 0 amide bonds.